The molecular weight excluding hydrogens is 384 g/mol. The monoisotopic (exact) mass is 394 g/mol. The van der Waals surface area contributed by atoms with Gasteiger partial charge in [0.15, 0.2) is 5.11 Å². The van der Waals surface area contributed by atoms with Gasteiger partial charge in [-0.25, -0.2) is 0 Å². The summed E-state index contributed by atoms with van der Waals surface area (Å²) in [5, 5.41) is 3.10. The minimum atomic E-state index is -0.547. The van der Waals surface area contributed by atoms with Gasteiger partial charge < -0.3 is 0 Å². The second-order valence-electron chi connectivity index (χ2n) is 5.74. The van der Waals surface area contributed by atoms with Gasteiger partial charge in [-0.05, 0) is 60.3 Å². The fourth-order valence-corrected chi connectivity index (χ4v) is 3.13. The van der Waals surface area contributed by atoms with Crippen LogP contribution in [0.15, 0.2) is 60.4 Å². The van der Waals surface area contributed by atoms with Crippen molar-refractivity contribution in [2.45, 2.75) is 0 Å². The number of benzene rings is 2. The number of amides is 2. The summed E-state index contributed by atoms with van der Waals surface area (Å²) < 4.78 is 0. The number of carbonyl (C=O) groups is 2. The molecule has 0 atom stereocenters. The second-order valence-corrected chi connectivity index (χ2v) is 6.56. The number of nitrogens with one attached hydrogen (secondary N) is 1. The predicted molar refractivity (Wildman–Crippen MR) is 107 cm³/mol. The predicted octanol–water partition coefficient (Wildman–Crippen LogP) is 3.11. The highest BCUT2D eigenvalue weighted by molar-refractivity contribution is 7.80. The fraction of sp³-hybridized carbons (Fsp3) is 0. The first kappa shape index (κ1) is 17.3. The molecule has 0 spiro atoms. The van der Waals surface area contributed by atoms with Gasteiger partial charge in [-0.2, -0.15) is 0 Å². The van der Waals surface area contributed by atoms with E-state index in [1.165, 1.54) is 11.0 Å². The molecule has 3 aromatic rings. The third kappa shape index (κ3) is 3.30. The van der Waals surface area contributed by atoms with Gasteiger partial charge in [0.1, 0.15) is 5.57 Å². The number of nitrogens with zero attached hydrogens (tertiary/aromatic N) is 3. The summed E-state index contributed by atoms with van der Waals surface area (Å²) in [4.78, 5) is 35.0. The number of thiocarbonyl (C=S) groups is 1. The number of anilines is 1. The topological polar surface area (TPSA) is 75.2 Å². The minimum absolute atomic E-state index is 0.0221. The highest BCUT2D eigenvalue weighted by atomic mass is 35.5. The van der Waals surface area contributed by atoms with Crippen molar-refractivity contribution < 1.29 is 9.59 Å². The first-order chi connectivity index (χ1) is 13.0. The first-order valence-electron chi connectivity index (χ1n) is 7.91. The van der Waals surface area contributed by atoms with Crippen molar-refractivity contribution >= 4 is 63.5 Å². The first-order valence-corrected chi connectivity index (χ1v) is 8.69. The van der Waals surface area contributed by atoms with Crippen molar-refractivity contribution in [1.82, 2.24) is 15.3 Å². The molecule has 1 N–H and O–H groups in total. The highest BCUT2D eigenvalue weighted by Gasteiger charge is 2.34. The Labute approximate surface area is 164 Å². The third-order valence-electron chi connectivity index (χ3n) is 3.99. The zero-order valence-corrected chi connectivity index (χ0v) is 15.3. The van der Waals surface area contributed by atoms with E-state index >= 15 is 0 Å². The number of hydrogen-bond donors (Lipinski definition) is 1. The van der Waals surface area contributed by atoms with Crippen LogP contribution in [0.5, 0.6) is 0 Å². The summed E-state index contributed by atoms with van der Waals surface area (Å²) in [5.74, 6) is -1.06. The molecule has 1 aliphatic heterocycles. The van der Waals surface area contributed by atoms with Crippen LogP contribution in [0.3, 0.4) is 0 Å². The molecule has 0 aliphatic carbocycles. The summed E-state index contributed by atoms with van der Waals surface area (Å²) >= 11 is 11.1. The number of carbonyl (C=O) groups excluding carboxylic acids is 2. The molecule has 2 amide bonds. The number of fused-ring (bicyclic) bond motifs is 1. The van der Waals surface area contributed by atoms with Gasteiger partial charge in [-0.15, -0.1) is 0 Å². The standard InChI is InChI=1S/C19H11ClN4O2S/c20-12-2-4-13(5-3-12)24-18(26)14(17(25)23-19(24)27)9-11-1-6-15-16(10-11)22-8-7-21-15/h1-10H,(H,23,25,27)/b14-9-. The van der Waals surface area contributed by atoms with Gasteiger partial charge >= 0.3 is 0 Å². The Balaban J connectivity index is 1.74. The van der Waals surface area contributed by atoms with E-state index in [9.17, 15) is 9.59 Å². The number of aromatic nitrogens is 2. The van der Waals surface area contributed by atoms with E-state index in [0.29, 0.717) is 21.8 Å². The van der Waals surface area contributed by atoms with E-state index in [1.54, 1.807) is 54.9 Å². The van der Waals surface area contributed by atoms with Crippen LogP contribution in [0.4, 0.5) is 5.69 Å². The normalized spacial score (nSPS) is 16.1. The molecule has 0 saturated carbocycles. The molecule has 0 bridgehead atoms. The Bertz CT molecular complexity index is 1130. The smallest absolute Gasteiger partial charge is 0.270 e. The van der Waals surface area contributed by atoms with Crippen molar-refractivity contribution in [3.63, 3.8) is 0 Å². The molecule has 1 saturated heterocycles. The molecule has 6 nitrogen and oxygen atoms in total. The Morgan fingerprint density at radius 2 is 1.70 bits per heavy atom. The summed E-state index contributed by atoms with van der Waals surface area (Å²) in [6.07, 6.45) is 4.69. The zero-order valence-electron chi connectivity index (χ0n) is 13.7. The van der Waals surface area contributed by atoms with Gasteiger partial charge in [0.25, 0.3) is 11.8 Å². The minimum Gasteiger partial charge on any atom is -0.298 e. The maximum absolute atomic E-state index is 12.9. The largest absolute Gasteiger partial charge is 0.298 e. The fourth-order valence-electron chi connectivity index (χ4n) is 2.72. The lowest BCUT2D eigenvalue weighted by Crippen LogP contribution is -2.54. The van der Waals surface area contributed by atoms with E-state index in [-0.39, 0.29) is 10.7 Å². The molecule has 4 rings (SSSR count). The number of rotatable bonds is 2. The summed E-state index contributed by atoms with van der Waals surface area (Å²) in [6, 6.07) is 11.9. The zero-order chi connectivity index (χ0) is 19.0. The summed E-state index contributed by atoms with van der Waals surface area (Å²) in [6.45, 7) is 0. The van der Waals surface area contributed by atoms with Crippen LogP contribution in [-0.2, 0) is 9.59 Å². The Hall–Kier alpha value is -3.16. The number of halogens is 1. The van der Waals surface area contributed by atoms with E-state index in [2.05, 4.69) is 15.3 Å². The van der Waals surface area contributed by atoms with Gasteiger partial charge in [-0.1, -0.05) is 17.7 Å². The Kier molecular flexibility index (Phi) is 4.39. The molecule has 8 heteroatoms. The van der Waals surface area contributed by atoms with Crippen molar-refractivity contribution in [2.75, 3.05) is 4.90 Å². The summed E-state index contributed by atoms with van der Waals surface area (Å²) in [5.41, 5.74) is 2.54. The van der Waals surface area contributed by atoms with Gasteiger partial charge in [0.05, 0.1) is 16.7 Å². The van der Waals surface area contributed by atoms with Crippen molar-refractivity contribution in [3.8, 4) is 0 Å². The SMILES string of the molecule is O=C1NC(=S)N(c2ccc(Cl)cc2)C(=O)/C1=C\c1ccc2nccnc2c1. The molecule has 0 unspecified atom stereocenters. The quantitative estimate of drug-likeness (QED) is 0.410. The molecule has 0 radical (unpaired) electrons. The molecule has 2 aromatic carbocycles. The van der Waals surface area contributed by atoms with Crippen LogP contribution < -0.4 is 10.2 Å². The molecule has 132 valence electrons. The van der Waals surface area contributed by atoms with Gasteiger partial charge in [-0.3, -0.25) is 29.8 Å². The summed E-state index contributed by atoms with van der Waals surface area (Å²) in [7, 11) is 0. The van der Waals surface area contributed by atoms with Crippen molar-refractivity contribution in [2.24, 2.45) is 0 Å². The highest BCUT2D eigenvalue weighted by Crippen LogP contribution is 2.24. The Morgan fingerprint density at radius 3 is 2.44 bits per heavy atom. The van der Waals surface area contributed by atoms with E-state index in [1.807, 2.05) is 0 Å². The second kappa shape index (κ2) is 6.86. The molecule has 1 aliphatic rings. The van der Waals surface area contributed by atoms with E-state index < -0.39 is 11.8 Å². The number of hydrogen-bond acceptors (Lipinski definition) is 5. The maximum atomic E-state index is 12.9. The average Bonchev–Trinajstić information content (AvgIpc) is 2.66. The molecule has 1 fully saturated rings. The molecular formula is C19H11ClN4O2S. The Morgan fingerprint density at radius 1 is 1.00 bits per heavy atom. The lowest BCUT2D eigenvalue weighted by Gasteiger charge is -2.28. The molecule has 27 heavy (non-hydrogen) atoms. The lowest BCUT2D eigenvalue weighted by atomic mass is 10.1. The van der Waals surface area contributed by atoms with E-state index in [0.717, 1.165) is 5.52 Å². The molecule has 1 aromatic heterocycles. The average molecular weight is 395 g/mol. The van der Waals surface area contributed by atoms with Crippen LogP contribution >= 0.6 is 23.8 Å². The lowest BCUT2D eigenvalue weighted by molar-refractivity contribution is -0.122. The van der Waals surface area contributed by atoms with Crippen LogP contribution in [0.1, 0.15) is 5.56 Å². The van der Waals surface area contributed by atoms with E-state index in [4.69, 9.17) is 23.8 Å². The van der Waals surface area contributed by atoms with Crippen LogP contribution in [0.2, 0.25) is 5.02 Å². The van der Waals surface area contributed by atoms with Gasteiger partial charge in [0.2, 0.25) is 0 Å². The van der Waals surface area contributed by atoms with Crippen LogP contribution in [0.25, 0.3) is 17.1 Å². The van der Waals surface area contributed by atoms with Crippen LogP contribution in [0, 0.1) is 0 Å². The third-order valence-corrected chi connectivity index (χ3v) is 4.53. The van der Waals surface area contributed by atoms with Gasteiger partial charge in [0, 0.05) is 17.4 Å². The van der Waals surface area contributed by atoms with Crippen molar-refractivity contribution in [1.29, 1.82) is 0 Å². The van der Waals surface area contributed by atoms with Crippen LogP contribution in [-0.4, -0.2) is 26.9 Å². The maximum Gasteiger partial charge on any atom is 0.270 e. The molecule has 2 heterocycles. The van der Waals surface area contributed by atoms with Crippen molar-refractivity contribution in [3.05, 3.63) is 71.0 Å².